The lowest BCUT2D eigenvalue weighted by Crippen LogP contribution is -2.28. The van der Waals surface area contributed by atoms with E-state index in [2.05, 4.69) is 10.5 Å². The Bertz CT molecular complexity index is 1140. The zero-order valence-electron chi connectivity index (χ0n) is 14.3. The van der Waals surface area contributed by atoms with Crippen molar-refractivity contribution in [2.45, 2.75) is 11.0 Å². The second-order valence-corrected chi connectivity index (χ2v) is 7.33. The van der Waals surface area contributed by atoms with Crippen LogP contribution in [-0.2, 0) is 14.9 Å². The topological polar surface area (TPSA) is 118 Å². The lowest BCUT2D eigenvalue weighted by molar-refractivity contribution is -0.121. The van der Waals surface area contributed by atoms with E-state index in [1.807, 2.05) is 36.4 Å². The van der Waals surface area contributed by atoms with Crippen LogP contribution < -0.4 is 10.2 Å². The Balaban J connectivity index is 1.58. The van der Waals surface area contributed by atoms with Crippen molar-refractivity contribution in [3.8, 4) is 11.5 Å². The van der Waals surface area contributed by atoms with E-state index in [1.165, 1.54) is 6.07 Å². The number of carbonyl (C=O) groups is 1. The van der Waals surface area contributed by atoms with Crippen LogP contribution in [0, 0.1) is 0 Å². The molecule has 1 aromatic heterocycles. The Morgan fingerprint density at radius 3 is 2.18 bits per heavy atom. The second-order valence-electron chi connectivity index (χ2n) is 5.98. The summed E-state index contributed by atoms with van der Waals surface area (Å²) >= 11 is 0. The molecular formula is C19H14N2O6S. The molecule has 4 rings (SSSR count). The molecule has 0 aliphatic carbocycles. The van der Waals surface area contributed by atoms with Gasteiger partial charge in [-0.25, -0.2) is 5.43 Å². The number of nitrogens with one attached hydrogen (secondary N) is 1. The summed E-state index contributed by atoms with van der Waals surface area (Å²) in [7, 11) is -4.44. The quantitative estimate of drug-likeness (QED) is 0.396. The van der Waals surface area contributed by atoms with Gasteiger partial charge in [0.2, 0.25) is 5.09 Å². The largest absolute Gasteiger partial charge is 0.457 e. The van der Waals surface area contributed by atoms with E-state index < -0.39 is 21.1 Å². The van der Waals surface area contributed by atoms with Gasteiger partial charge in [0, 0.05) is 11.1 Å². The van der Waals surface area contributed by atoms with Crippen molar-refractivity contribution in [3.05, 3.63) is 77.6 Å². The minimum absolute atomic E-state index is 0.0562. The van der Waals surface area contributed by atoms with Gasteiger partial charge in [-0.15, -0.1) is 0 Å². The molecule has 2 heterocycles. The molecule has 28 heavy (non-hydrogen) atoms. The van der Waals surface area contributed by atoms with E-state index in [0.717, 1.165) is 12.3 Å². The fourth-order valence-electron chi connectivity index (χ4n) is 2.96. The van der Waals surface area contributed by atoms with Gasteiger partial charge in [0.15, 0.2) is 0 Å². The molecule has 0 atom stereocenters. The number of hydrazone groups is 1. The van der Waals surface area contributed by atoms with Gasteiger partial charge in [-0.3, -0.25) is 9.35 Å². The van der Waals surface area contributed by atoms with Gasteiger partial charge < -0.3 is 9.15 Å². The molecule has 0 fully saturated rings. The predicted molar refractivity (Wildman–Crippen MR) is 99.1 cm³/mol. The molecule has 0 saturated carbocycles. The zero-order chi connectivity index (χ0) is 19.7. The van der Waals surface area contributed by atoms with E-state index in [9.17, 15) is 13.2 Å². The molecule has 9 heteroatoms. The van der Waals surface area contributed by atoms with Crippen molar-refractivity contribution in [2.75, 3.05) is 0 Å². The summed E-state index contributed by atoms with van der Waals surface area (Å²) in [6.07, 6.45) is 1.14. The zero-order valence-corrected chi connectivity index (χ0v) is 15.1. The molecule has 2 N–H and O–H groups in total. The number of rotatable bonds is 4. The van der Waals surface area contributed by atoms with Gasteiger partial charge in [0.05, 0.1) is 12.1 Å². The van der Waals surface area contributed by atoms with Crippen LogP contribution in [0.15, 0.2) is 75.3 Å². The summed E-state index contributed by atoms with van der Waals surface area (Å²) < 4.78 is 41.7. The van der Waals surface area contributed by atoms with Crippen molar-refractivity contribution >= 4 is 22.2 Å². The summed E-state index contributed by atoms with van der Waals surface area (Å²) in [6, 6.07) is 16.9. The van der Waals surface area contributed by atoms with Crippen molar-refractivity contribution in [2.24, 2.45) is 5.10 Å². The van der Waals surface area contributed by atoms with Crippen LogP contribution in [0.4, 0.5) is 0 Å². The molecule has 3 aromatic rings. The summed E-state index contributed by atoms with van der Waals surface area (Å²) in [5.41, 5.74) is 3.85. The summed E-state index contributed by atoms with van der Waals surface area (Å²) in [4.78, 5) is 12.8. The Morgan fingerprint density at radius 1 is 1.00 bits per heavy atom. The molecule has 0 bridgehead atoms. The number of para-hydroxylation sites is 2. The van der Waals surface area contributed by atoms with Gasteiger partial charge in [-0.1, -0.05) is 36.4 Å². The first-order chi connectivity index (χ1) is 13.4. The van der Waals surface area contributed by atoms with E-state index >= 15 is 0 Å². The standard InChI is InChI=1S/C19H14N2O6S/c22-19(21-20-11-12-9-10-17(26-12)28(23,24)25)18-13-5-1-3-7-15(13)27-16-8-4-2-6-14(16)18/h1-11,18H,(H,21,22)(H,23,24,25)/b20-11+. The molecule has 142 valence electrons. The van der Waals surface area contributed by atoms with Crippen LogP contribution in [0.3, 0.4) is 0 Å². The smallest absolute Gasteiger partial charge is 0.328 e. The number of hydrogen-bond acceptors (Lipinski definition) is 6. The first-order valence-electron chi connectivity index (χ1n) is 8.19. The minimum Gasteiger partial charge on any atom is -0.457 e. The number of nitrogens with zero attached hydrogens (tertiary/aromatic N) is 1. The fraction of sp³-hybridized carbons (Fsp3) is 0.0526. The first-order valence-corrected chi connectivity index (χ1v) is 9.63. The molecule has 1 aliphatic rings. The molecule has 0 unspecified atom stereocenters. The molecule has 0 saturated heterocycles. The van der Waals surface area contributed by atoms with Gasteiger partial charge in [-0.2, -0.15) is 13.5 Å². The highest BCUT2D eigenvalue weighted by Gasteiger charge is 2.32. The number of fused-ring (bicyclic) bond motifs is 2. The number of ether oxygens (including phenoxy) is 1. The third-order valence-corrected chi connectivity index (χ3v) is 4.89. The Kier molecular flexibility index (Phi) is 4.46. The number of furan rings is 1. The van der Waals surface area contributed by atoms with E-state index in [1.54, 1.807) is 12.1 Å². The normalized spacial score (nSPS) is 13.6. The molecular weight excluding hydrogens is 384 g/mol. The molecule has 1 aliphatic heterocycles. The highest BCUT2D eigenvalue weighted by atomic mass is 32.2. The van der Waals surface area contributed by atoms with E-state index in [0.29, 0.717) is 22.6 Å². The van der Waals surface area contributed by atoms with E-state index in [4.69, 9.17) is 13.7 Å². The van der Waals surface area contributed by atoms with Gasteiger partial charge in [0.1, 0.15) is 17.3 Å². The molecule has 1 amide bonds. The van der Waals surface area contributed by atoms with Crippen molar-refractivity contribution < 1.29 is 26.9 Å². The highest BCUT2D eigenvalue weighted by molar-refractivity contribution is 7.85. The van der Waals surface area contributed by atoms with Crippen LogP contribution in [0.1, 0.15) is 22.8 Å². The first kappa shape index (κ1) is 18.0. The van der Waals surface area contributed by atoms with Crippen LogP contribution >= 0.6 is 0 Å². The maximum atomic E-state index is 12.8. The van der Waals surface area contributed by atoms with Crippen LogP contribution in [-0.4, -0.2) is 25.1 Å². The lowest BCUT2D eigenvalue weighted by Gasteiger charge is -2.26. The maximum Gasteiger partial charge on any atom is 0.328 e. The van der Waals surface area contributed by atoms with Gasteiger partial charge in [-0.05, 0) is 24.3 Å². The van der Waals surface area contributed by atoms with Gasteiger partial charge >= 0.3 is 10.1 Å². The van der Waals surface area contributed by atoms with Crippen molar-refractivity contribution in [3.63, 3.8) is 0 Å². The van der Waals surface area contributed by atoms with Crippen molar-refractivity contribution in [1.82, 2.24) is 5.43 Å². The van der Waals surface area contributed by atoms with Crippen LogP contribution in [0.5, 0.6) is 11.5 Å². The Morgan fingerprint density at radius 2 is 1.61 bits per heavy atom. The number of hydrogen-bond donors (Lipinski definition) is 2. The minimum atomic E-state index is -4.44. The Labute approximate surface area is 160 Å². The monoisotopic (exact) mass is 398 g/mol. The number of benzene rings is 2. The molecule has 0 radical (unpaired) electrons. The van der Waals surface area contributed by atoms with Gasteiger partial charge in [0.25, 0.3) is 5.91 Å². The Hall–Kier alpha value is -3.43. The molecule has 0 spiro atoms. The average Bonchev–Trinajstić information content (AvgIpc) is 3.15. The summed E-state index contributed by atoms with van der Waals surface area (Å²) in [5, 5.41) is 3.22. The van der Waals surface area contributed by atoms with Crippen LogP contribution in [0.25, 0.3) is 0 Å². The summed E-state index contributed by atoms with van der Waals surface area (Å²) in [5.74, 6) is 0.230. The lowest BCUT2D eigenvalue weighted by atomic mass is 9.87. The molecule has 8 nitrogen and oxygen atoms in total. The average molecular weight is 398 g/mol. The fourth-order valence-corrected chi connectivity index (χ4v) is 3.40. The predicted octanol–water partition coefficient (Wildman–Crippen LogP) is 2.91. The maximum absolute atomic E-state index is 12.8. The third-order valence-electron chi connectivity index (χ3n) is 4.17. The van der Waals surface area contributed by atoms with E-state index in [-0.39, 0.29) is 11.7 Å². The molecule has 2 aromatic carbocycles. The SMILES string of the molecule is O=C(N/N=C/c1ccc(S(=O)(=O)O)o1)C1c2ccccc2Oc2ccccc21. The third kappa shape index (κ3) is 3.40. The number of carbonyl (C=O) groups excluding carboxylic acids is 1. The summed E-state index contributed by atoms with van der Waals surface area (Å²) in [6.45, 7) is 0. The highest BCUT2D eigenvalue weighted by Crippen LogP contribution is 2.43. The number of amides is 1. The van der Waals surface area contributed by atoms with Crippen molar-refractivity contribution in [1.29, 1.82) is 0 Å². The van der Waals surface area contributed by atoms with Crippen LogP contribution in [0.2, 0.25) is 0 Å². The second kappa shape index (κ2) is 6.95.